The predicted octanol–water partition coefficient (Wildman–Crippen LogP) is -0.0126. The molecule has 1 atom stereocenters. The second kappa shape index (κ2) is 11.4. The van der Waals surface area contributed by atoms with Crippen molar-refractivity contribution in [1.82, 2.24) is 10.3 Å². The van der Waals surface area contributed by atoms with Gasteiger partial charge in [0.15, 0.2) is 0 Å². The fourth-order valence-corrected chi connectivity index (χ4v) is 1.58. The van der Waals surface area contributed by atoms with Gasteiger partial charge in [-0.05, 0) is 13.8 Å². The van der Waals surface area contributed by atoms with Crippen LogP contribution >= 0.6 is 0 Å². The molecular formula is C12H27N3O3. The van der Waals surface area contributed by atoms with Crippen molar-refractivity contribution in [2.24, 2.45) is 11.8 Å². The number of hydrogen-bond acceptors (Lipinski definition) is 5. The molecule has 0 fully saturated rings. The van der Waals surface area contributed by atoms with Gasteiger partial charge in [-0.15, -0.1) is 0 Å². The summed E-state index contributed by atoms with van der Waals surface area (Å²) in [5.41, 5.74) is 2.18. The van der Waals surface area contributed by atoms with Crippen LogP contribution in [0.5, 0.6) is 0 Å². The van der Waals surface area contributed by atoms with Crippen LogP contribution in [0, 0.1) is 5.92 Å². The van der Waals surface area contributed by atoms with Gasteiger partial charge in [0.1, 0.15) is 0 Å². The summed E-state index contributed by atoms with van der Waals surface area (Å²) in [5.74, 6) is 4.84. The Labute approximate surface area is 110 Å². The van der Waals surface area contributed by atoms with Crippen LogP contribution in [-0.2, 0) is 14.3 Å². The van der Waals surface area contributed by atoms with E-state index in [1.54, 1.807) is 0 Å². The Hall–Kier alpha value is -0.690. The average molecular weight is 261 g/mol. The predicted molar refractivity (Wildman–Crippen MR) is 70.9 cm³/mol. The molecule has 0 radical (unpaired) electrons. The summed E-state index contributed by atoms with van der Waals surface area (Å²) in [6.45, 7) is 10.8. The van der Waals surface area contributed by atoms with Crippen molar-refractivity contribution in [3.63, 3.8) is 0 Å². The van der Waals surface area contributed by atoms with Gasteiger partial charge in [-0.3, -0.25) is 15.1 Å². The Balaban J connectivity index is 4.05. The van der Waals surface area contributed by atoms with Gasteiger partial charge in [0.05, 0.1) is 13.2 Å². The molecule has 6 nitrogen and oxygen atoms in total. The van der Waals surface area contributed by atoms with E-state index in [1.165, 1.54) is 0 Å². The zero-order valence-electron chi connectivity index (χ0n) is 11.8. The maximum absolute atomic E-state index is 11.4. The molecule has 0 aliphatic heterocycles. The minimum absolute atomic E-state index is 0.141. The van der Waals surface area contributed by atoms with Gasteiger partial charge in [-0.25, -0.2) is 5.84 Å². The van der Waals surface area contributed by atoms with Gasteiger partial charge in [0, 0.05) is 38.8 Å². The lowest BCUT2D eigenvalue weighted by molar-refractivity contribution is -0.125. The summed E-state index contributed by atoms with van der Waals surface area (Å²) in [7, 11) is 0. The van der Waals surface area contributed by atoms with Crippen LogP contribution in [0.4, 0.5) is 0 Å². The number of nitrogens with zero attached hydrogens (tertiary/aromatic N) is 1. The molecule has 0 heterocycles. The number of nitrogens with one attached hydrogen (secondary N) is 1. The van der Waals surface area contributed by atoms with Crippen LogP contribution in [0.3, 0.4) is 0 Å². The Morgan fingerprint density at radius 2 is 1.72 bits per heavy atom. The van der Waals surface area contributed by atoms with Crippen molar-refractivity contribution in [1.29, 1.82) is 0 Å². The summed E-state index contributed by atoms with van der Waals surface area (Å²) in [5, 5.41) is 0. The zero-order chi connectivity index (χ0) is 13.8. The summed E-state index contributed by atoms with van der Waals surface area (Å²) in [6.07, 6.45) is 0. The molecule has 0 aromatic heterocycles. The lowest BCUT2D eigenvalue weighted by Gasteiger charge is -2.24. The van der Waals surface area contributed by atoms with Crippen molar-refractivity contribution < 1.29 is 14.3 Å². The Bertz CT molecular complexity index is 205. The van der Waals surface area contributed by atoms with Gasteiger partial charge in [-0.1, -0.05) is 6.92 Å². The molecule has 0 aliphatic rings. The van der Waals surface area contributed by atoms with Gasteiger partial charge in [0.2, 0.25) is 5.91 Å². The first-order chi connectivity index (χ1) is 8.65. The molecule has 0 aromatic rings. The van der Waals surface area contributed by atoms with Crippen molar-refractivity contribution in [3.05, 3.63) is 0 Å². The molecule has 3 N–H and O–H groups in total. The highest BCUT2D eigenvalue weighted by molar-refractivity contribution is 5.77. The molecule has 0 spiro atoms. The van der Waals surface area contributed by atoms with E-state index in [2.05, 4.69) is 10.3 Å². The third-order valence-corrected chi connectivity index (χ3v) is 2.63. The molecule has 1 unspecified atom stereocenters. The lowest BCUT2D eigenvalue weighted by Crippen LogP contribution is -2.42. The molecule has 6 heteroatoms. The van der Waals surface area contributed by atoms with E-state index in [1.807, 2.05) is 20.8 Å². The van der Waals surface area contributed by atoms with Crippen molar-refractivity contribution in [2.75, 3.05) is 46.1 Å². The first-order valence-electron chi connectivity index (χ1n) is 6.53. The number of ether oxygens (including phenoxy) is 2. The van der Waals surface area contributed by atoms with Crippen LogP contribution < -0.4 is 11.3 Å². The largest absolute Gasteiger partial charge is 0.380 e. The van der Waals surface area contributed by atoms with Gasteiger partial charge < -0.3 is 9.47 Å². The van der Waals surface area contributed by atoms with Crippen LogP contribution in [0.25, 0.3) is 0 Å². The fraction of sp³-hybridized carbons (Fsp3) is 0.917. The highest BCUT2D eigenvalue weighted by Gasteiger charge is 2.16. The number of hydrogen-bond donors (Lipinski definition) is 2. The molecule has 0 saturated heterocycles. The number of carbonyl (C=O) groups is 1. The first kappa shape index (κ1) is 17.3. The van der Waals surface area contributed by atoms with Gasteiger partial charge in [0.25, 0.3) is 0 Å². The van der Waals surface area contributed by atoms with Crippen molar-refractivity contribution in [2.45, 2.75) is 20.8 Å². The monoisotopic (exact) mass is 261 g/mol. The van der Waals surface area contributed by atoms with Crippen LogP contribution in [0.15, 0.2) is 0 Å². The van der Waals surface area contributed by atoms with Crippen LogP contribution in [0.1, 0.15) is 20.8 Å². The number of carbonyl (C=O) groups excluding carboxylic acids is 1. The molecular weight excluding hydrogens is 234 g/mol. The molecule has 0 bridgehead atoms. The number of hydrazine groups is 1. The molecule has 0 saturated carbocycles. The number of nitrogens with two attached hydrogens (primary N) is 1. The smallest absolute Gasteiger partial charge is 0.237 e. The second-order valence-electron chi connectivity index (χ2n) is 4.10. The standard InChI is InChI=1S/C12H27N3O3/c1-4-17-8-6-15(7-9-18-5-2)10-11(3)12(16)14-13/h11H,4-10,13H2,1-3H3,(H,14,16). The first-order valence-corrected chi connectivity index (χ1v) is 6.53. The van der Waals surface area contributed by atoms with E-state index in [4.69, 9.17) is 15.3 Å². The Kier molecular flexibility index (Phi) is 11.0. The Morgan fingerprint density at radius 1 is 1.22 bits per heavy atom. The quantitative estimate of drug-likeness (QED) is 0.237. The zero-order valence-corrected chi connectivity index (χ0v) is 11.8. The minimum atomic E-state index is -0.146. The third-order valence-electron chi connectivity index (χ3n) is 2.63. The topological polar surface area (TPSA) is 76.8 Å². The molecule has 18 heavy (non-hydrogen) atoms. The molecule has 0 rings (SSSR count). The maximum atomic E-state index is 11.4. The fourth-order valence-electron chi connectivity index (χ4n) is 1.58. The van der Waals surface area contributed by atoms with E-state index in [0.717, 1.165) is 13.1 Å². The molecule has 1 amide bonds. The van der Waals surface area contributed by atoms with Gasteiger partial charge in [-0.2, -0.15) is 0 Å². The van der Waals surface area contributed by atoms with Gasteiger partial charge >= 0.3 is 0 Å². The average Bonchev–Trinajstić information content (AvgIpc) is 2.37. The maximum Gasteiger partial charge on any atom is 0.237 e. The van der Waals surface area contributed by atoms with E-state index in [-0.39, 0.29) is 11.8 Å². The number of amides is 1. The normalized spacial score (nSPS) is 12.7. The van der Waals surface area contributed by atoms with E-state index < -0.39 is 0 Å². The summed E-state index contributed by atoms with van der Waals surface area (Å²) >= 11 is 0. The SMILES string of the molecule is CCOCCN(CCOCC)CC(C)C(=O)NN. The summed E-state index contributed by atoms with van der Waals surface area (Å²) in [6, 6.07) is 0. The molecule has 0 aromatic carbocycles. The highest BCUT2D eigenvalue weighted by Crippen LogP contribution is 2.00. The molecule has 108 valence electrons. The second-order valence-corrected chi connectivity index (χ2v) is 4.10. The van der Waals surface area contributed by atoms with E-state index in [0.29, 0.717) is 33.0 Å². The number of rotatable bonds is 11. The Morgan fingerprint density at radius 3 is 2.11 bits per heavy atom. The highest BCUT2D eigenvalue weighted by atomic mass is 16.5. The van der Waals surface area contributed by atoms with Crippen LogP contribution in [-0.4, -0.2) is 56.9 Å². The summed E-state index contributed by atoms with van der Waals surface area (Å²) in [4.78, 5) is 13.5. The van der Waals surface area contributed by atoms with Crippen molar-refractivity contribution >= 4 is 5.91 Å². The summed E-state index contributed by atoms with van der Waals surface area (Å²) < 4.78 is 10.7. The minimum Gasteiger partial charge on any atom is -0.380 e. The molecule has 0 aliphatic carbocycles. The lowest BCUT2D eigenvalue weighted by atomic mass is 10.1. The van der Waals surface area contributed by atoms with Crippen molar-refractivity contribution in [3.8, 4) is 0 Å². The van der Waals surface area contributed by atoms with E-state index in [9.17, 15) is 4.79 Å². The third kappa shape index (κ3) is 8.41. The van der Waals surface area contributed by atoms with E-state index >= 15 is 0 Å². The van der Waals surface area contributed by atoms with Crippen LogP contribution in [0.2, 0.25) is 0 Å².